The fourth-order valence-corrected chi connectivity index (χ4v) is 3.09. The summed E-state index contributed by atoms with van der Waals surface area (Å²) in [7, 11) is 0. The van der Waals surface area contributed by atoms with Crippen molar-refractivity contribution in [1.29, 1.82) is 0 Å². The fraction of sp³-hybridized carbons (Fsp3) is 0.100. The summed E-state index contributed by atoms with van der Waals surface area (Å²) in [4.78, 5) is 0. The number of hydrogen-bond donors (Lipinski definition) is 1. The van der Waals surface area contributed by atoms with Gasteiger partial charge in [-0.3, -0.25) is 0 Å². The van der Waals surface area contributed by atoms with Crippen LogP contribution in [0.4, 0.5) is 0 Å². The molecule has 2 heteroatoms. The number of benzene rings is 3. The lowest BCUT2D eigenvalue weighted by molar-refractivity contribution is 0.190. The summed E-state index contributed by atoms with van der Waals surface area (Å²) >= 11 is 0. The number of aliphatic hydroxyl groups excluding tert-OH is 1. The van der Waals surface area contributed by atoms with Gasteiger partial charge in [0.2, 0.25) is 0 Å². The van der Waals surface area contributed by atoms with Crippen LogP contribution in [-0.2, 0) is 0 Å². The van der Waals surface area contributed by atoms with Gasteiger partial charge in [-0.15, -0.1) is 0 Å². The number of rotatable bonds is 2. The van der Waals surface area contributed by atoms with E-state index in [1.807, 2.05) is 43.3 Å². The zero-order chi connectivity index (χ0) is 15.1. The Hall–Kier alpha value is -2.58. The van der Waals surface area contributed by atoms with Crippen LogP contribution in [0, 0.1) is 6.92 Å². The van der Waals surface area contributed by atoms with Gasteiger partial charge in [0.15, 0.2) is 0 Å². The van der Waals surface area contributed by atoms with Crippen molar-refractivity contribution in [2.45, 2.75) is 13.0 Å². The first-order valence-electron chi connectivity index (χ1n) is 7.39. The minimum atomic E-state index is -0.773. The Bertz CT molecular complexity index is 912. The number of aliphatic hydroxyl groups is 1. The third-order valence-electron chi connectivity index (χ3n) is 4.12. The molecule has 4 rings (SSSR count). The van der Waals surface area contributed by atoms with Crippen molar-refractivity contribution < 1.29 is 9.52 Å². The van der Waals surface area contributed by atoms with Gasteiger partial charge in [0.05, 0.1) is 0 Å². The Balaban J connectivity index is 2.08. The molecular weight excluding hydrogens is 272 g/mol. The van der Waals surface area contributed by atoms with Crippen molar-refractivity contribution in [3.63, 3.8) is 0 Å². The third kappa shape index (κ3) is 2.00. The summed E-state index contributed by atoms with van der Waals surface area (Å²) in [5.41, 5.74) is 0.906. The number of hydrogen-bond acceptors (Lipinski definition) is 2. The van der Waals surface area contributed by atoms with E-state index in [1.54, 1.807) is 0 Å². The van der Waals surface area contributed by atoms with Crippen molar-refractivity contribution in [1.82, 2.24) is 0 Å². The molecule has 0 saturated heterocycles. The second-order valence-corrected chi connectivity index (χ2v) is 5.58. The molecule has 1 heterocycles. The van der Waals surface area contributed by atoms with Crippen molar-refractivity contribution >= 4 is 21.5 Å². The lowest BCUT2D eigenvalue weighted by Crippen LogP contribution is -2.00. The molecule has 2 nitrogen and oxygen atoms in total. The van der Waals surface area contributed by atoms with E-state index >= 15 is 0 Å². The molecule has 1 N–H and O–H groups in total. The average Bonchev–Trinajstić information content (AvgIpc) is 2.98. The van der Waals surface area contributed by atoms with Gasteiger partial charge in [-0.2, -0.15) is 0 Å². The summed E-state index contributed by atoms with van der Waals surface area (Å²) < 4.78 is 5.65. The second kappa shape index (κ2) is 5.00. The van der Waals surface area contributed by atoms with E-state index in [4.69, 9.17) is 4.42 Å². The average molecular weight is 288 g/mol. The Morgan fingerprint density at radius 1 is 0.818 bits per heavy atom. The van der Waals surface area contributed by atoms with Crippen LogP contribution in [0.25, 0.3) is 21.5 Å². The predicted octanol–water partition coefficient (Wildman–Crippen LogP) is 4.98. The minimum Gasteiger partial charge on any atom is -0.463 e. The Morgan fingerprint density at radius 2 is 1.41 bits per heavy atom. The summed E-state index contributed by atoms with van der Waals surface area (Å²) in [5, 5.41) is 15.3. The van der Waals surface area contributed by atoms with E-state index in [2.05, 4.69) is 30.3 Å². The largest absolute Gasteiger partial charge is 0.463 e. The normalized spacial score (nSPS) is 12.8. The van der Waals surface area contributed by atoms with E-state index in [1.165, 1.54) is 0 Å². The molecule has 0 amide bonds. The molecule has 108 valence electrons. The molecule has 1 aromatic heterocycles. The molecule has 1 unspecified atom stereocenters. The molecule has 0 radical (unpaired) electrons. The topological polar surface area (TPSA) is 33.4 Å². The minimum absolute atomic E-state index is 0.582. The zero-order valence-electron chi connectivity index (χ0n) is 12.3. The van der Waals surface area contributed by atoms with Crippen molar-refractivity contribution in [3.05, 3.63) is 83.8 Å². The molecule has 22 heavy (non-hydrogen) atoms. The van der Waals surface area contributed by atoms with Gasteiger partial charge < -0.3 is 9.52 Å². The summed E-state index contributed by atoms with van der Waals surface area (Å²) in [5.74, 6) is 1.39. The Labute approximate surface area is 128 Å². The summed E-state index contributed by atoms with van der Waals surface area (Å²) in [6.45, 7) is 1.89. The molecule has 3 aromatic carbocycles. The monoisotopic (exact) mass is 288 g/mol. The number of aryl methyl sites for hydroxylation is 1. The second-order valence-electron chi connectivity index (χ2n) is 5.58. The van der Waals surface area contributed by atoms with Crippen LogP contribution in [-0.4, -0.2) is 5.11 Å². The first kappa shape index (κ1) is 13.1. The zero-order valence-corrected chi connectivity index (χ0v) is 12.3. The van der Waals surface area contributed by atoms with E-state index < -0.39 is 6.10 Å². The highest BCUT2D eigenvalue weighted by Gasteiger charge is 2.19. The van der Waals surface area contributed by atoms with Crippen LogP contribution in [0.15, 0.2) is 71.1 Å². The smallest absolute Gasteiger partial charge is 0.138 e. The third-order valence-corrected chi connectivity index (χ3v) is 4.12. The van der Waals surface area contributed by atoms with Gasteiger partial charge in [-0.25, -0.2) is 0 Å². The maximum absolute atomic E-state index is 10.9. The van der Waals surface area contributed by atoms with Gasteiger partial charge in [0.1, 0.15) is 17.6 Å². The van der Waals surface area contributed by atoms with E-state index in [9.17, 15) is 5.11 Å². The fourth-order valence-electron chi connectivity index (χ4n) is 3.09. The SMILES string of the molecule is Cc1ccc(C(O)c2c3ccccc3cc3ccccc23)o1. The highest BCUT2D eigenvalue weighted by Crippen LogP contribution is 2.36. The highest BCUT2D eigenvalue weighted by molar-refractivity contribution is 6.02. The van der Waals surface area contributed by atoms with Gasteiger partial charge in [0.25, 0.3) is 0 Å². The molecule has 4 aromatic rings. The molecule has 0 aliphatic heterocycles. The lowest BCUT2D eigenvalue weighted by atomic mass is 9.92. The van der Waals surface area contributed by atoms with Crippen molar-refractivity contribution in [2.24, 2.45) is 0 Å². The molecular formula is C20H16O2. The maximum atomic E-state index is 10.9. The van der Waals surface area contributed by atoms with Crippen molar-refractivity contribution in [2.75, 3.05) is 0 Å². The summed E-state index contributed by atoms with van der Waals surface area (Å²) in [6.07, 6.45) is -0.773. The van der Waals surface area contributed by atoms with Crippen molar-refractivity contribution in [3.8, 4) is 0 Å². The van der Waals surface area contributed by atoms with Gasteiger partial charge in [0, 0.05) is 5.56 Å². The maximum Gasteiger partial charge on any atom is 0.138 e. The van der Waals surface area contributed by atoms with Crippen LogP contribution < -0.4 is 0 Å². The first-order valence-corrected chi connectivity index (χ1v) is 7.39. The Morgan fingerprint density at radius 3 is 1.95 bits per heavy atom. The molecule has 0 bridgehead atoms. The highest BCUT2D eigenvalue weighted by atomic mass is 16.4. The standard InChI is InChI=1S/C20H16O2/c1-13-10-11-18(22-13)20(21)19-16-8-4-2-6-14(16)12-15-7-3-5-9-17(15)19/h2-12,20-21H,1H3. The molecule has 0 aliphatic rings. The van der Waals surface area contributed by atoms with Crippen LogP contribution in [0.5, 0.6) is 0 Å². The van der Waals surface area contributed by atoms with Gasteiger partial charge in [-0.1, -0.05) is 48.5 Å². The molecule has 0 spiro atoms. The molecule has 0 aliphatic carbocycles. The van der Waals surface area contributed by atoms with Crippen LogP contribution in [0.3, 0.4) is 0 Å². The summed E-state index contributed by atoms with van der Waals surface area (Å²) in [6, 6.07) is 22.2. The molecule has 0 saturated carbocycles. The van der Waals surface area contributed by atoms with Gasteiger partial charge in [-0.05, 0) is 46.7 Å². The molecule has 1 atom stereocenters. The lowest BCUT2D eigenvalue weighted by Gasteiger charge is -2.15. The van der Waals surface area contributed by atoms with E-state index in [0.717, 1.165) is 32.9 Å². The molecule has 0 fully saturated rings. The van der Waals surface area contributed by atoms with E-state index in [0.29, 0.717) is 5.76 Å². The Kier molecular flexibility index (Phi) is 2.98. The quantitative estimate of drug-likeness (QED) is 0.528. The first-order chi connectivity index (χ1) is 10.7. The number of furan rings is 1. The van der Waals surface area contributed by atoms with Crippen LogP contribution in [0.1, 0.15) is 23.2 Å². The van der Waals surface area contributed by atoms with Crippen LogP contribution >= 0.6 is 0 Å². The van der Waals surface area contributed by atoms with Crippen LogP contribution in [0.2, 0.25) is 0 Å². The number of fused-ring (bicyclic) bond motifs is 2. The van der Waals surface area contributed by atoms with E-state index in [-0.39, 0.29) is 0 Å². The van der Waals surface area contributed by atoms with Gasteiger partial charge >= 0.3 is 0 Å². The predicted molar refractivity (Wildman–Crippen MR) is 89.0 cm³/mol.